The van der Waals surface area contributed by atoms with E-state index >= 15 is 0 Å². The van der Waals surface area contributed by atoms with Crippen molar-refractivity contribution in [3.63, 3.8) is 0 Å². The van der Waals surface area contributed by atoms with Gasteiger partial charge in [-0.2, -0.15) is 0 Å². The van der Waals surface area contributed by atoms with Gasteiger partial charge in [0.25, 0.3) is 5.91 Å². The van der Waals surface area contributed by atoms with Crippen molar-refractivity contribution in [2.75, 3.05) is 12.4 Å². The molecule has 0 saturated heterocycles. The molecule has 6 nitrogen and oxygen atoms in total. The predicted octanol–water partition coefficient (Wildman–Crippen LogP) is 2.17. The van der Waals surface area contributed by atoms with Crippen molar-refractivity contribution in [2.24, 2.45) is 0 Å². The van der Waals surface area contributed by atoms with Gasteiger partial charge in [0, 0.05) is 11.2 Å². The first kappa shape index (κ1) is 14.0. The molecule has 2 aromatic heterocycles. The third-order valence-electron chi connectivity index (χ3n) is 2.34. The Morgan fingerprint density at radius 3 is 2.75 bits per heavy atom. The molecule has 7 heteroatoms. The highest BCUT2D eigenvalue weighted by Gasteiger charge is 2.11. The molecule has 0 unspecified atom stereocenters. The summed E-state index contributed by atoms with van der Waals surface area (Å²) in [6, 6.07) is 7.61. The van der Waals surface area contributed by atoms with Crippen LogP contribution in [0.5, 0.6) is 0 Å². The normalized spacial score (nSPS) is 9.90. The number of amides is 1. The zero-order valence-corrected chi connectivity index (χ0v) is 11.2. The molecule has 0 aliphatic heterocycles. The summed E-state index contributed by atoms with van der Waals surface area (Å²) >= 11 is 5.78. The van der Waals surface area contributed by atoms with Gasteiger partial charge in [0.05, 0.1) is 7.11 Å². The van der Waals surface area contributed by atoms with E-state index in [1.807, 2.05) is 0 Å². The van der Waals surface area contributed by atoms with E-state index < -0.39 is 11.9 Å². The van der Waals surface area contributed by atoms with Crippen LogP contribution in [0.2, 0.25) is 5.02 Å². The van der Waals surface area contributed by atoms with Gasteiger partial charge in [-0.25, -0.2) is 9.78 Å². The van der Waals surface area contributed by atoms with Crippen LogP contribution in [0.4, 0.5) is 5.82 Å². The van der Waals surface area contributed by atoms with E-state index in [9.17, 15) is 9.59 Å². The Morgan fingerprint density at radius 1 is 1.25 bits per heavy atom. The quantitative estimate of drug-likeness (QED) is 0.877. The first-order valence-electron chi connectivity index (χ1n) is 5.58. The smallest absolute Gasteiger partial charge is 0.356 e. The molecule has 0 fully saturated rings. The Balaban J connectivity index is 2.18. The van der Waals surface area contributed by atoms with Gasteiger partial charge in [0.1, 0.15) is 11.5 Å². The lowest BCUT2D eigenvalue weighted by atomic mass is 10.3. The van der Waals surface area contributed by atoms with Gasteiger partial charge >= 0.3 is 5.97 Å². The number of halogens is 1. The summed E-state index contributed by atoms with van der Waals surface area (Å²) in [6.07, 6.45) is 1.43. The molecule has 2 rings (SSSR count). The van der Waals surface area contributed by atoms with E-state index in [4.69, 9.17) is 11.6 Å². The van der Waals surface area contributed by atoms with Crippen LogP contribution >= 0.6 is 11.6 Å². The fraction of sp³-hybridized carbons (Fsp3) is 0.0769. The number of hydrogen-bond donors (Lipinski definition) is 1. The molecule has 1 N–H and O–H groups in total. The average Bonchev–Trinajstić information content (AvgIpc) is 2.46. The molecule has 0 aliphatic rings. The molecule has 2 heterocycles. The summed E-state index contributed by atoms with van der Waals surface area (Å²) in [5.41, 5.74) is 0.257. The van der Waals surface area contributed by atoms with Crippen molar-refractivity contribution in [3.8, 4) is 0 Å². The number of aromatic nitrogens is 2. The van der Waals surface area contributed by atoms with Crippen LogP contribution in [-0.4, -0.2) is 29.0 Å². The molecule has 20 heavy (non-hydrogen) atoms. The largest absolute Gasteiger partial charge is 0.464 e. The van der Waals surface area contributed by atoms with Gasteiger partial charge in [-0.05, 0) is 24.3 Å². The van der Waals surface area contributed by atoms with Gasteiger partial charge < -0.3 is 10.1 Å². The number of anilines is 1. The molecule has 102 valence electrons. The zero-order chi connectivity index (χ0) is 14.5. The number of esters is 1. The summed E-state index contributed by atoms with van der Waals surface area (Å²) in [5, 5.41) is 2.93. The highest BCUT2D eigenvalue weighted by molar-refractivity contribution is 6.30. The Kier molecular flexibility index (Phi) is 4.27. The maximum Gasteiger partial charge on any atom is 0.356 e. The predicted molar refractivity (Wildman–Crippen MR) is 72.8 cm³/mol. The standard InChI is InChI=1S/C13H10ClN3O3/c1-20-13(19)9-3-2-4-11(16-9)17-12(18)10-7-8(14)5-6-15-10/h2-7H,1H3,(H,16,17,18). The van der Waals surface area contributed by atoms with Crippen LogP contribution in [0.25, 0.3) is 0 Å². The molecule has 2 aromatic rings. The Labute approximate surface area is 119 Å². The lowest BCUT2D eigenvalue weighted by Crippen LogP contribution is -2.15. The first-order chi connectivity index (χ1) is 9.60. The fourth-order valence-electron chi connectivity index (χ4n) is 1.43. The number of methoxy groups -OCH3 is 1. The van der Waals surface area contributed by atoms with Crippen LogP contribution < -0.4 is 5.32 Å². The second kappa shape index (κ2) is 6.12. The van der Waals surface area contributed by atoms with Crippen LogP contribution in [0.15, 0.2) is 36.5 Å². The maximum absolute atomic E-state index is 11.9. The van der Waals surface area contributed by atoms with E-state index in [-0.39, 0.29) is 17.2 Å². The number of carbonyl (C=O) groups excluding carboxylic acids is 2. The molecule has 0 saturated carbocycles. The molecule has 0 bridgehead atoms. The second-order valence-electron chi connectivity index (χ2n) is 3.71. The third-order valence-corrected chi connectivity index (χ3v) is 2.57. The lowest BCUT2D eigenvalue weighted by Gasteiger charge is -2.05. The van der Waals surface area contributed by atoms with Crippen molar-refractivity contribution in [2.45, 2.75) is 0 Å². The molecule has 0 spiro atoms. The summed E-state index contributed by atoms with van der Waals surface area (Å²) in [5.74, 6) is -0.830. The monoisotopic (exact) mass is 291 g/mol. The van der Waals surface area contributed by atoms with E-state index in [1.54, 1.807) is 18.2 Å². The van der Waals surface area contributed by atoms with Crippen molar-refractivity contribution in [1.82, 2.24) is 9.97 Å². The maximum atomic E-state index is 11.9. The SMILES string of the molecule is COC(=O)c1cccc(NC(=O)c2cc(Cl)ccn2)n1. The summed E-state index contributed by atoms with van der Waals surface area (Å²) in [6.45, 7) is 0. The van der Waals surface area contributed by atoms with E-state index in [1.165, 1.54) is 25.4 Å². The average molecular weight is 292 g/mol. The van der Waals surface area contributed by atoms with Crippen LogP contribution in [0, 0.1) is 0 Å². The van der Waals surface area contributed by atoms with Gasteiger partial charge in [0.15, 0.2) is 5.69 Å². The summed E-state index contributed by atoms with van der Waals surface area (Å²) in [4.78, 5) is 31.1. The molecule has 0 aliphatic carbocycles. The highest BCUT2D eigenvalue weighted by Crippen LogP contribution is 2.11. The van der Waals surface area contributed by atoms with Crippen molar-refractivity contribution >= 4 is 29.3 Å². The minimum Gasteiger partial charge on any atom is -0.464 e. The van der Waals surface area contributed by atoms with Crippen molar-refractivity contribution in [3.05, 3.63) is 52.9 Å². The Hall–Kier alpha value is -2.47. The lowest BCUT2D eigenvalue weighted by molar-refractivity contribution is 0.0594. The van der Waals surface area contributed by atoms with Crippen molar-refractivity contribution < 1.29 is 14.3 Å². The molecule has 0 aromatic carbocycles. The number of carbonyl (C=O) groups is 2. The molecule has 1 amide bonds. The van der Waals surface area contributed by atoms with Crippen molar-refractivity contribution in [1.29, 1.82) is 0 Å². The number of hydrogen-bond acceptors (Lipinski definition) is 5. The van der Waals surface area contributed by atoms with Gasteiger partial charge in [-0.3, -0.25) is 9.78 Å². The van der Waals surface area contributed by atoms with Gasteiger partial charge in [-0.15, -0.1) is 0 Å². The van der Waals surface area contributed by atoms with E-state index in [0.717, 1.165) is 0 Å². The minimum absolute atomic E-state index is 0.101. The number of nitrogens with one attached hydrogen (secondary N) is 1. The Bertz CT molecular complexity index is 661. The number of rotatable bonds is 3. The van der Waals surface area contributed by atoms with Gasteiger partial charge in [0.2, 0.25) is 0 Å². The zero-order valence-electron chi connectivity index (χ0n) is 10.5. The minimum atomic E-state index is -0.582. The highest BCUT2D eigenvalue weighted by atomic mass is 35.5. The van der Waals surface area contributed by atoms with E-state index in [2.05, 4.69) is 20.0 Å². The van der Waals surface area contributed by atoms with Gasteiger partial charge in [-0.1, -0.05) is 17.7 Å². The second-order valence-corrected chi connectivity index (χ2v) is 4.15. The topological polar surface area (TPSA) is 81.2 Å². The molecule has 0 radical (unpaired) electrons. The molecule has 0 atom stereocenters. The molecular weight excluding hydrogens is 282 g/mol. The molecular formula is C13H10ClN3O3. The summed E-state index contributed by atoms with van der Waals surface area (Å²) in [7, 11) is 1.26. The fourth-order valence-corrected chi connectivity index (χ4v) is 1.59. The number of nitrogens with zero attached hydrogens (tertiary/aromatic N) is 2. The Morgan fingerprint density at radius 2 is 2.05 bits per heavy atom. The number of pyridine rings is 2. The van der Waals surface area contributed by atoms with E-state index in [0.29, 0.717) is 5.02 Å². The van der Waals surface area contributed by atoms with Crippen LogP contribution in [0.3, 0.4) is 0 Å². The first-order valence-corrected chi connectivity index (χ1v) is 5.96. The number of ether oxygens (including phenoxy) is 1. The van der Waals surface area contributed by atoms with Crippen LogP contribution in [-0.2, 0) is 4.74 Å². The summed E-state index contributed by atoms with van der Waals surface area (Å²) < 4.78 is 4.55. The van der Waals surface area contributed by atoms with Crippen LogP contribution in [0.1, 0.15) is 21.0 Å². The third kappa shape index (κ3) is 3.30.